The number of likely N-dealkylation sites (tertiary alicyclic amines) is 1. The van der Waals surface area contributed by atoms with Crippen LogP contribution in [0.4, 0.5) is 4.39 Å². The summed E-state index contributed by atoms with van der Waals surface area (Å²) in [5, 5.41) is 0. The average Bonchev–Trinajstić information content (AvgIpc) is 2.87. The van der Waals surface area contributed by atoms with Gasteiger partial charge in [-0.25, -0.2) is 4.39 Å². The number of halogens is 1. The molecule has 1 aromatic rings. The van der Waals surface area contributed by atoms with Gasteiger partial charge in [-0.15, -0.1) is 0 Å². The number of rotatable bonds is 1. The van der Waals surface area contributed by atoms with E-state index in [1.807, 2.05) is 4.90 Å². The molecular weight excluding hydrogens is 229 g/mol. The number of nitrogens with zero attached hydrogens (tertiary/aromatic N) is 1. The lowest BCUT2D eigenvalue weighted by Crippen LogP contribution is -2.30. The van der Waals surface area contributed by atoms with Crippen LogP contribution >= 0.6 is 0 Å². The van der Waals surface area contributed by atoms with Gasteiger partial charge in [-0.1, -0.05) is 6.42 Å². The van der Waals surface area contributed by atoms with Crippen LogP contribution in [-0.2, 0) is 0 Å². The number of aryl methyl sites for hydroxylation is 1. The highest BCUT2D eigenvalue weighted by Crippen LogP contribution is 2.38. The maximum atomic E-state index is 13.1. The molecular formula is C15H18FNO. The van der Waals surface area contributed by atoms with Crippen LogP contribution < -0.4 is 0 Å². The van der Waals surface area contributed by atoms with Crippen molar-refractivity contribution in [3.05, 3.63) is 35.1 Å². The molecule has 2 nitrogen and oxygen atoms in total. The second-order valence-corrected chi connectivity index (χ2v) is 5.62. The molecule has 18 heavy (non-hydrogen) atoms. The van der Waals surface area contributed by atoms with Crippen molar-refractivity contribution in [1.82, 2.24) is 4.90 Å². The summed E-state index contributed by atoms with van der Waals surface area (Å²) >= 11 is 0. The van der Waals surface area contributed by atoms with Gasteiger partial charge in [0.25, 0.3) is 5.91 Å². The van der Waals surface area contributed by atoms with Crippen LogP contribution in [0.5, 0.6) is 0 Å². The molecule has 1 aliphatic carbocycles. The highest BCUT2D eigenvalue weighted by Gasteiger charge is 2.38. The number of hydrogen-bond acceptors (Lipinski definition) is 1. The molecule has 0 spiro atoms. The Labute approximate surface area is 107 Å². The molecule has 1 aliphatic heterocycles. The van der Waals surface area contributed by atoms with Crippen LogP contribution in [0.2, 0.25) is 0 Å². The summed E-state index contributed by atoms with van der Waals surface area (Å²) in [5.74, 6) is 1.20. The smallest absolute Gasteiger partial charge is 0.254 e. The lowest BCUT2D eigenvalue weighted by Gasteiger charge is -2.18. The Morgan fingerprint density at radius 2 is 1.94 bits per heavy atom. The third kappa shape index (κ3) is 1.92. The van der Waals surface area contributed by atoms with Crippen LogP contribution in [0.15, 0.2) is 18.2 Å². The van der Waals surface area contributed by atoms with Crippen LogP contribution in [-0.4, -0.2) is 23.9 Å². The molecule has 2 unspecified atom stereocenters. The van der Waals surface area contributed by atoms with E-state index in [4.69, 9.17) is 0 Å². The monoisotopic (exact) mass is 247 g/mol. The average molecular weight is 247 g/mol. The van der Waals surface area contributed by atoms with Crippen LogP contribution in [0.25, 0.3) is 0 Å². The quantitative estimate of drug-likeness (QED) is 0.747. The molecule has 2 atom stereocenters. The fraction of sp³-hybridized carbons (Fsp3) is 0.533. The number of hydrogen-bond donors (Lipinski definition) is 0. The molecule has 2 fully saturated rings. The zero-order chi connectivity index (χ0) is 12.7. The van der Waals surface area contributed by atoms with Crippen molar-refractivity contribution in [1.29, 1.82) is 0 Å². The number of amides is 1. The molecule has 3 heteroatoms. The Morgan fingerprint density at radius 1 is 1.28 bits per heavy atom. The number of benzene rings is 1. The van der Waals surface area contributed by atoms with Crippen molar-refractivity contribution < 1.29 is 9.18 Å². The van der Waals surface area contributed by atoms with E-state index in [1.165, 1.54) is 31.4 Å². The first-order chi connectivity index (χ1) is 8.65. The Hall–Kier alpha value is -1.38. The fourth-order valence-electron chi connectivity index (χ4n) is 3.44. The van der Waals surface area contributed by atoms with E-state index in [-0.39, 0.29) is 11.7 Å². The zero-order valence-corrected chi connectivity index (χ0v) is 10.7. The summed E-state index contributed by atoms with van der Waals surface area (Å²) in [6.07, 6.45) is 3.83. The Bertz CT molecular complexity index is 473. The molecule has 0 N–H and O–H groups in total. The Balaban J connectivity index is 1.79. The van der Waals surface area contributed by atoms with Crippen molar-refractivity contribution in [3.8, 4) is 0 Å². The molecule has 1 saturated heterocycles. The summed E-state index contributed by atoms with van der Waals surface area (Å²) in [4.78, 5) is 14.4. The molecule has 2 aliphatic rings. The largest absolute Gasteiger partial charge is 0.338 e. The summed E-state index contributed by atoms with van der Waals surface area (Å²) in [7, 11) is 0. The van der Waals surface area contributed by atoms with Crippen molar-refractivity contribution in [3.63, 3.8) is 0 Å². The molecule has 1 heterocycles. The van der Waals surface area contributed by atoms with E-state index in [0.29, 0.717) is 17.4 Å². The second kappa shape index (κ2) is 4.38. The van der Waals surface area contributed by atoms with Gasteiger partial charge in [-0.2, -0.15) is 0 Å². The van der Waals surface area contributed by atoms with Gasteiger partial charge in [0.1, 0.15) is 5.82 Å². The van der Waals surface area contributed by atoms with Crippen LogP contribution in [0.3, 0.4) is 0 Å². The summed E-state index contributed by atoms with van der Waals surface area (Å²) in [5.41, 5.74) is 1.38. The van der Waals surface area contributed by atoms with Crippen molar-refractivity contribution in [2.75, 3.05) is 13.1 Å². The maximum Gasteiger partial charge on any atom is 0.254 e. The molecule has 1 saturated carbocycles. The van der Waals surface area contributed by atoms with Crippen LogP contribution in [0.1, 0.15) is 35.2 Å². The topological polar surface area (TPSA) is 20.3 Å². The van der Waals surface area contributed by atoms with Gasteiger partial charge in [0.2, 0.25) is 0 Å². The zero-order valence-electron chi connectivity index (χ0n) is 10.7. The third-order valence-corrected chi connectivity index (χ3v) is 4.43. The standard InChI is InChI=1S/C15H18FNO/c1-10-7-13(16)5-6-14(10)15(18)17-8-11-3-2-4-12(11)9-17/h5-7,11-12H,2-4,8-9H2,1H3. The van der Waals surface area contributed by atoms with Gasteiger partial charge in [0.15, 0.2) is 0 Å². The van der Waals surface area contributed by atoms with Gasteiger partial charge in [0, 0.05) is 18.7 Å². The minimum atomic E-state index is -0.276. The molecule has 1 amide bonds. The second-order valence-electron chi connectivity index (χ2n) is 5.62. The number of fused-ring (bicyclic) bond motifs is 1. The first-order valence-electron chi connectivity index (χ1n) is 6.70. The van der Waals surface area contributed by atoms with Gasteiger partial charge < -0.3 is 4.90 Å². The molecule has 0 bridgehead atoms. The van der Waals surface area contributed by atoms with E-state index in [9.17, 15) is 9.18 Å². The van der Waals surface area contributed by atoms with Crippen molar-refractivity contribution >= 4 is 5.91 Å². The maximum absolute atomic E-state index is 13.1. The lowest BCUT2D eigenvalue weighted by molar-refractivity contribution is 0.0780. The molecule has 3 rings (SSSR count). The van der Waals surface area contributed by atoms with Gasteiger partial charge in [0.05, 0.1) is 0 Å². The van der Waals surface area contributed by atoms with E-state index >= 15 is 0 Å². The van der Waals surface area contributed by atoms with E-state index in [0.717, 1.165) is 18.7 Å². The van der Waals surface area contributed by atoms with Crippen LogP contribution in [0, 0.1) is 24.6 Å². The van der Waals surface area contributed by atoms with Gasteiger partial charge >= 0.3 is 0 Å². The first-order valence-corrected chi connectivity index (χ1v) is 6.70. The van der Waals surface area contributed by atoms with Crippen molar-refractivity contribution in [2.45, 2.75) is 26.2 Å². The molecule has 0 radical (unpaired) electrons. The highest BCUT2D eigenvalue weighted by molar-refractivity contribution is 5.95. The predicted octanol–water partition coefficient (Wildman–Crippen LogP) is 3.01. The van der Waals surface area contributed by atoms with E-state index in [1.54, 1.807) is 13.0 Å². The van der Waals surface area contributed by atoms with E-state index in [2.05, 4.69) is 0 Å². The Morgan fingerprint density at radius 3 is 2.56 bits per heavy atom. The normalized spacial score (nSPS) is 26.4. The lowest BCUT2D eigenvalue weighted by atomic mass is 10.0. The third-order valence-electron chi connectivity index (χ3n) is 4.43. The molecule has 0 aromatic heterocycles. The predicted molar refractivity (Wildman–Crippen MR) is 67.9 cm³/mol. The van der Waals surface area contributed by atoms with Crippen molar-refractivity contribution in [2.24, 2.45) is 11.8 Å². The Kier molecular flexibility index (Phi) is 2.84. The minimum Gasteiger partial charge on any atom is -0.338 e. The number of carbonyl (C=O) groups is 1. The van der Waals surface area contributed by atoms with Gasteiger partial charge in [-0.3, -0.25) is 4.79 Å². The SMILES string of the molecule is Cc1cc(F)ccc1C(=O)N1CC2CCCC2C1. The summed E-state index contributed by atoms with van der Waals surface area (Å²) in [6.45, 7) is 3.58. The summed E-state index contributed by atoms with van der Waals surface area (Å²) < 4.78 is 13.1. The first kappa shape index (κ1) is 11.7. The fourth-order valence-corrected chi connectivity index (χ4v) is 3.44. The number of carbonyl (C=O) groups excluding carboxylic acids is 1. The molecule has 1 aromatic carbocycles. The highest BCUT2D eigenvalue weighted by atomic mass is 19.1. The summed E-state index contributed by atoms with van der Waals surface area (Å²) in [6, 6.07) is 4.42. The minimum absolute atomic E-state index is 0.0712. The van der Waals surface area contributed by atoms with Gasteiger partial charge in [-0.05, 0) is 55.4 Å². The molecule has 96 valence electrons. The van der Waals surface area contributed by atoms with E-state index < -0.39 is 0 Å².